The van der Waals surface area contributed by atoms with E-state index in [-0.39, 0.29) is 18.3 Å². The lowest BCUT2D eigenvalue weighted by Crippen LogP contribution is -2.16. The van der Waals surface area contributed by atoms with Gasteiger partial charge in [-0.1, -0.05) is 5.16 Å². The van der Waals surface area contributed by atoms with Gasteiger partial charge in [0.25, 0.3) is 5.89 Å². The van der Waals surface area contributed by atoms with E-state index < -0.39 is 12.8 Å². The predicted octanol–water partition coefficient (Wildman–Crippen LogP) is 2.69. The van der Waals surface area contributed by atoms with Crippen molar-refractivity contribution >= 4 is 0 Å². The van der Waals surface area contributed by atoms with Gasteiger partial charge < -0.3 is 9.26 Å². The van der Waals surface area contributed by atoms with Gasteiger partial charge in [0.15, 0.2) is 5.82 Å². The van der Waals surface area contributed by atoms with Gasteiger partial charge in [0.05, 0.1) is 11.6 Å². The highest BCUT2D eigenvalue weighted by molar-refractivity contribution is 5.54. The van der Waals surface area contributed by atoms with Crippen molar-refractivity contribution in [3.63, 3.8) is 0 Å². The van der Waals surface area contributed by atoms with E-state index in [1.807, 2.05) is 6.07 Å². The third-order valence-electron chi connectivity index (χ3n) is 2.23. The van der Waals surface area contributed by atoms with E-state index in [0.717, 1.165) is 0 Å². The van der Waals surface area contributed by atoms with Gasteiger partial charge in [-0.05, 0) is 24.3 Å². The van der Waals surface area contributed by atoms with Gasteiger partial charge in [-0.2, -0.15) is 23.4 Å². The van der Waals surface area contributed by atoms with E-state index in [1.165, 1.54) is 0 Å². The first-order valence-corrected chi connectivity index (χ1v) is 5.45. The van der Waals surface area contributed by atoms with Crippen LogP contribution in [0.25, 0.3) is 11.5 Å². The number of nitrogens with zero attached hydrogens (tertiary/aromatic N) is 3. The smallest absolute Gasteiger partial charge is 0.364 e. The number of alkyl halides is 3. The highest BCUT2D eigenvalue weighted by Crippen LogP contribution is 2.19. The molecule has 0 saturated carbocycles. The third kappa shape index (κ3) is 3.80. The van der Waals surface area contributed by atoms with Crippen LogP contribution in [0.15, 0.2) is 28.8 Å². The fraction of sp³-hybridized carbons (Fsp3) is 0.250. The summed E-state index contributed by atoms with van der Waals surface area (Å²) >= 11 is 0. The molecule has 2 aromatic rings. The molecule has 1 heterocycles. The Kier molecular flexibility index (Phi) is 4.00. The minimum absolute atomic E-state index is 0.0219. The molecule has 0 amide bonds. The topological polar surface area (TPSA) is 71.9 Å². The fourth-order valence-electron chi connectivity index (χ4n) is 1.38. The lowest BCUT2D eigenvalue weighted by atomic mass is 10.1. The molecule has 0 saturated heterocycles. The molecule has 1 aromatic carbocycles. The largest absolute Gasteiger partial charge is 0.411 e. The molecule has 0 N–H and O–H groups in total. The van der Waals surface area contributed by atoms with Gasteiger partial charge in [-0.3, -0.25) is 0 Å². The Morgan fingerprint density at radius 2 is 1.95 bits per heavy atom. The third-order valence-corrected chi connectivity index (χ3v) is 2.23. The second-order valence-corrected chi connectivity index (χ2v) is 3.81. The zero-order valence-electron chi connectivity index (χ0n) is 10.0. The van der Waals surface area contributed by atoms with E-state index in [4.69, 9.17) is 9.78 Å². The van der Waals surface area contributed by atoms with Gasteiger partial charge in [0.1, 0.15) is 13.2 Å². The summed E-state index contributed by atoms with van der Waals surface area (Å²) in [5.41, 5.74) is 1.04. The van der Waals surface area contributed by atoms with E-state index >= 15 is 0 Å². The number of rotatable bonds is 4. The van der Waals surface area contributed by atoms with Crippen LogP contribution in [0.1, 0.15) is 11.4 Å². The van der Waals surface area contributed by atoms with Crippen molar-refractivity contribution < 1.29 is 22.4 Å². The maximum atomic E-state index is 11.9. The maximum Gasteiger partial charge on any atom is 0.411 e. The molecule has 0 spiro atoms. The zero-order valence-corrected chi connectivity index (χ0v) is 10.0. The van der Waals surface area contributed by atoms with Crippen molar-refractivity contribution in [1.29, 1.82) is 5.26 Å². The SMILES string of the molecule is N#Cc1ccc(-c2nc(COCC(F)(F)F)no2)cc1. The quantitative estimate of drug-likeness (QED) is 0.862. The number of benzene rings is 1. The average Bonchev–Trinajstić information content (AvgIpc) is 2.86. The molecule has 0 fully saturated rings. The Bertz CT molecular complexity index is 614. The summed E-state index contributed by atoms with van der Waals surface area (Å²) in [7, 11) is 0. The van der Waals surface area contributed by atoms with Gasteiger partial charge in [-0.25, -0.2) is 0 Å². The summed E-state index contributed by atoms with van der Waals surface area (Å²) in [6.45, 7) is -1.76. The molecule has 1 aromatic heterocycles. The molecule has 0 aliphatic carbocycles. The van der Waals surface area contributed by atoms with Crippen LogP contribution >= 0.6 is 0 Å². The van der Waals surface area contributed by atoms with E-state index in [9.17, 15) is 13.2 Å². The Morgan fingerprint density at radius 1 is 1.25 bits per heavy atom. The van der Waals surface area contributed by atoms with Gasteiger partial charge >= 0.3 is 6.18 Å². The van der Waals surface area contributed by atoms with E-state index in [2.05, 4.69) is 14.9 Å². The first-order valence-electron chi connectivity index (χ1n) is 5.45. The Morgan fingerprint density at radius 3 is 2.55 bits per heavy atom. The Hall–Kier alpha value is -2.40. The second kappa shape index (κ2) is 5.71. The number of hydrogen-bond acceptors (Lipinski definition) is 5. The van der Waals surface area contributed by atoms with Crippen LogP contribution in [0.4, 0.5) is 13.2 Å². The monoisotopic (exact) mass is 283 g/mol. The molecule has 2 rings (SSSR count). The number of halogens is 3. The predicted molar refractivity (Wildman–Crippen MR) is 60.2 cm³/mol. The van der Waals surface area contributed by atoms with Crippen molar-refractivity contribution in [3.8, 4) is 17.5 Å². The summed E-state index contributed by atoms with van der Waals surface area (Å²) < 4.78 is 45.0. The van der Waals surface area contributed by atoms with Crippen LogP contribution < -0.4 is 0 Å². The van der Waals surface area contributed by atoms with Gasteiger partial charge in [0.2, 0.25) is 0 Å². The number of ether oxygens (including phenoxy) is 1. The minimum Gasteiger partial charge on any atom is -0.364 e. The van der Waals surface area contributed by atoms with Crippen molar-refractivity contribution in [3.05, 3.63) is 35.7 Å². The first-order chi connectivity index (χ1) is 9.48. The summed E-state index contributed by atoms with van der Waals surface area (Å²) in [5.74, 6) is 0.175. The molecular formula is C12H8F3N3O2. The molecule has 0 bridgehead atoms. The minimum atomic E-state index is -4.39. The lowest BCUT2D eigenvalue weighted by Gasteiger charge is -2.04. The lowest BCUT2D eigenvalue weighted by molar-refractivity contribution is -0.177. The summed E-state index contributed by atoms with van der Waals surface area (Å²) in [5, 5.41) is 12.2. The van der Waals surface area contributed by atoms with Gasteiger partial charge in [-0.15, -0.1) is 0 Å². The molecule has 8 heteroatoms. The molecule has 0 aliphatic heterocycles. The molecule has 104 valence electrons. The van der Waals surface area contributed by atoms with Crippen molar-refractivity contribution in [2.75, 3.05) is 6.61 Å². The standard InChI is InChI=1S/C12H8F3N3O2/c13-12(14,15)7-19-6-10-17-11(20-18-10)9-3-1-8(5-16)2-4-9/h1-4H,6-7H2. The van der Waals surface area contributed by atoms with Crippen molar-refractivity contribution in [2.45, 2.75) is 12.8 Å². The van der Waals surface area contributed by atoms with E-state index in [1.54, 1.807) is 24.3 Å². The highest BCUT2D eigenvalue weighted by Gasteiger charge is 2.27. The van der Waals surface area contributed by atoms with Crippen molar-refractivity contribution in [1.82, 2.24) is 10.1 Å². The molecule has 5 nitrogen and oxygen atoms in total. The van der Waals surface area contributed by atoms with Crippen LogP contribution in [0.5, 0.6) is 0 Å². The summed E-state index contributed by atoms with van der Waals surface area (Å²) in [4.78, 5) is 3.90. The van der Waals surface area contributed by atoms with Crippen LogP contribution in [0.3, 0.4) is 0 Å². The highest BCUT2D eigenvalue weighted by atomic mass is 19.4. The zero-order chi connectivity index (χ0) is 14.6. The molecule has 0 unspecified atom stereocenters. The molecule has 20 heavy (non-hydrogen) atoms. The van der Waals surface area contributed by atoms with Crippen LogP contribution in [0, 0.1) is 11.3 Å². The number of hydrogen-bond donors (Lipinski definition) is 0. The first kappa shape index (κ1) is 14.0. The van der Waals surface area contributed by atoms with Crippen LogP contribution in [-0.2, 0) is 11.3 Å². The van der Waals surface area contributed by atoms with Gasteiger partial charge in [0, 0.05) is 5.56 Å². The van der Waals surface area contributed by atoms with Crippen molar-refractivity contribution in [2.24, 2.45) is 0 Å². The average molecular weight is 283 g/mol. The molecular weight excluding hydrogens is 275 g/mol. The maximum absolute atomic E-state index is 11.9. The molecule has 0 radical (unpaired) electrons. The Labute approximate surface area is 111 Å². The fourth-order valence-corrected chi connectivity index (χ4v) is 1.38. The summed E-state index contributed by atoms with van der Waals surface area (Å²) in [6.07, 6.45) is -4.39. The number of aromatic nitrogens is 2. The molecule has 0 atom stereocenters. The Balaban J connectivity index is 1.99. The second-order valence-electron chi connectivity index (χ2n) is 3.81. The summed E-state index contributed by atoms with van der Waals surface area (Å²) in [6, 6.07) is 8.30. The molecule has 0 aliphatic rings. The number of nitriles is 1. The van der Waals surface area contributed by atoms with E-state index in [0.29, 0.717) is 11.1 Å². The van der Waals surface area contributed by atoms with Crippen LogP contribution in [-0.4, -0.2) is 22.9 Å². The van der Waals surface area contributed by atoms with Crippen LogP contribution in [0.2, 0.25) is 0 Å². The normalized spacial score (nSPS) is 11.3.